The first kappa shape index (κ1) is 14.1. The van der Waals surface area contributed by atoms with Gasteiger partial charge >= 0.3 is 0 Å². The fourth-order valence-corrected chi connectivity index (χ4v) is 2.68. The van der Waals surface area contributed by atoms with E-state index in [0.29, 0.717) is 6.42 Å². The Morgan fingerprint density at radius 3 is 2.68 bits per heavy atom. The molecule has 1 unspecified atom stereocenters. The molecule has 2 aromatic rings. The molecule has 0 aliphatic heterocycles. The fraction of sp³-hybridized carbons (Fsp3) is 0.286. The molecule has 19 heavy (non-hydrogen) atoms. The fourth-order valence-electron chi connectivity index (χ4n) is 1.72. The van der Waals surface area contributed by atoms with Crippen molar-refractivity contribution in [3.8, 4) is 0 Å². The molecule has 1 aromatic heterocycles. The summed E-state index contributed by atoms with van der Waals surface area (Å²) in [6.45, 7) is 3.90. The second-order valence-corrected chi connectivity index (χ2v) is 5.87. The van der Waals surface area contributed by atoms with E-state index >= 15 is 0 Å². The van der Waals surface area contributed by atoms with Crippen molar-refractivity contribution in [2.45, 2.75) is 31.2 Å². The van der Waals surface area contributed by atoms with Gasteiger partial charge in [0.1, 0.15) is 5.01 Å². The SMILES string of the molecule is Cc1csc(C(C)NC(=O)Cc2ccc(S)cc2)n1. The molecule has 0 spiro atoms. The molecular formula is C14H16N2OS2. The molecule has 100 valence electrons. The predicted molar refractivity (Wildman–Crippen MR) is 80.8 cm³/mol. The van der Waals surface area contributed by atoms with E-state index in [1.54, 1.807) is 11.3 Å². The molecule has 1 N–H and O–H groups in total. The predicted octanol–water partition coefficient (Wildman–Crippen LogP) is 3.16. The van der Waals surface area contributed by atoms with E-state index in [2.05, 4.69) is 22.9 Å². The van der Waals surface area contributed by atoms with Crippen LogP contribution in [0.1, 0.15) is 29.2 Å². The number of aryl methyl sites for hydroxylation is 1. The van der Waals surface area contributed by atoms with Gasteiger partial charge in [0.05, 0.1) is 12.5 Å². The van der Waals surface area contributed by atoms with Crippen LogP contribution in [0.5, 0.6) is 0 Å². The lowest BCUT2D eigenvalue weighted by Crippen LogP contribution is -2.28. The Morgan fingerprint density at radius 1 is 1.42 bits per heavy atom. The highest BCUT2D eigenvalue weighted by Gasteiger charge is 2.12. The third kappa shape index (κ3) is 4.08. The van der Waals surface area contributed by atoms with Gasteiger partial charge in [-0.15, -0.1) is 24.0 Å². The zero-order chi connectivity index (χ0) is 13.8. The Hall–Kier alpha value is -1.33. The average molecular weight is 292 g/mol. The Labute approximate surface area is 122 Å². The van der Waals surface area contributed by atoms with Crippen LogP contribution in [0.2, 0.25) is 0 Å². The molecule has 0 saturated carbocycles. The molecular weight excluding hydrogens is 276 g/mol. The molecule has 0 aliphatic rings. The summed E-state index contributed by atoms with van der Waals surface area (Å²) in [5.41, 5.74) is 1.98. The molecule has 1 heterocycles. The molecule has 2 rings (SSSR count). The zero-order valence-electron chi connectivity index (χ0n) is 10.9. The topological polar surface area (TPSA) is 42.0 Å². The first-order valence-corrected chi connectivity index (χ1v) is 7.36. The second-order valence-electron chi connectivity index (χ2n) is 4.46. The van der Waals surface area contributed by atoms with E-state index < -0.39 is 0 Å². The Bertz CT molecular complexity index is 563. The summed E-state index contributed by atoms with van der Waals surface area (Å²) in [5, 5.41) is 5.89. The number of thiazole rings is 1. The van der Waals surface area contributed by atoms with Crippen LogP contribution < -0.4 is 5.32 Å². The minimum atomic E-state index is -0.0460. The summed E-state index contributed by atoms with van der Waals surface area (Å²) < 4.78 is 0. The molecule has 0 fully saturated rings. The van der Waals surface area contributed by atoms with Crippen molar-refractivity contribution in [3.63, 3.8) is 0 Å². The van der Waals surface area contributed by atoms with Gasteiger partial charge in [-0.05, 0) is 31.5 Å². The summed E-state index contributed by atoms with van der Waals surface area (Å²) in [4.78, 5) is 17.2. The minimum absolute atomic E-state index is 0.00673. The summed E-state index contributed by atoms with van der Waals surface area (Å²) in [6, 6.07) is 7.56. The first-order chi connectivity index (χ1) is 9.04. The van der Waals surface area contributed by atoms with E-state index in [9.17, 15) is 4.79 Å². The molecule has 0 aliphatic carbocycles. The van der Waals surface area contributed by atoms with Gasteiger partial charge in [0.2, 0.25) is 5.91 Å². The second kappa shape index (κ2) is 6.21. The van der Waals surface area contributed by atoms with E-state index in [4.69, 9.17) is 0 Å². The Kier molecular flexibility index (Phi) is 4.61. The number of aromatic nitrogens is 1. The van der Waals surface area contributed by atoms with Crippen molar-refractivity contribution >= 4 is 29.9 Å². The number of nitrogens with one attached hydrogen (secondary N) is 1. The summed E-state index contributed by atoms with van der Waals surface area (Å²) in [5.74, 6) is 0.00673. The van der Waals surface area contributed by atoms with E-state index in [1.807, 2.05) is 43.5 Å². The molecule has 1 aromatic carbocycles. The highest BCUT2D eigenvalue weighted by Crippen LogP contribution is 2.17. The lowest BCUT2D eigenvalue weighted by Gasteiger charge is -2.11. The lowest BCUT2D eigenvalue weighted by atomic mass is 10.1. The van der Waals surface area contributed by atoms with Gasteiger partial charge in [-0.25, -0.2) is 4.98 Å². The van der Waals surface area contributed by atoms with Crippen molar-refractivity contribution in [3.05, 3.63) is 45.9 Å². The van der Waals surface area contributed by atoms with E-state index in [1.165, 1.54) is 0 Å². The van der Waals surface area contributed by atoms with E-state index in [-0.39, 0.29) is 11.9 Å². The van der Waals surface area contributed by atoms with Gasteiger partial charge in [0.15, 0.2) is 0 Å². The van der Waals surface area contributed by atoms with Crippen LogP contribution in [0.4, 0.5) is 0 Å². The van der Waals surface area contributed by atoms with Gasteiger partial charge in [-0.1, -0.05) is 12.1 Å². The van der Waals surface area contributed by atoms with Gasteiger partial charge in [0, 0.05) is 16.0 Å². The summed E-state index contributed by atoms with van der Waals surface area (Å²) >= 11 is 5.79. The summed E-state index contributed by atoms with van der Waals surface area (Å²) in [6.07, 6.45) is 0.378. The number of carbonyl (C=O) groups is 1. The number of benzene rings is 1. The maximum Gasteiger partial charge on any atom is 0.224 e. The van der Waals surface area contributed by atoms with Crippen molar-refractivity contribution in [1.82, 2.24) is 10.3 Å². The zero-order valence-corrected chi connectivity index (χ0v) is 12.6. The van der Waals surface area contributed by atoms with Crippen LogP contribution >= 0.6 is 24.0 Å². The van der Waals surface area contributed by atoms with Gasteiger partial charge in [0.25, 0.3) is 0 Å². The van der Waals surface area contributed by atoms with Crippen LogP contribution in [0.25, 0.3) is 0 Å². The van der Waals surface area contributed by atoms with E-state index in [0.717, 1.165) is 21.2 Å². The third-order valence-electron chi connectivity index (χ3n) is 2.69. The number of carbonyl (C=O) groups excluding carboxylic acids is 1. The average Bonchev–Trinajstić information content (AvgIpc) is 2.79. The van der Waals surface area contributed by atoms with Crippen LogP contribution in [-0.4, -0.2) is 10.9 Å². The molecule has 0 saturated heterocycles. The summed E-state index contributed by atoms with van der Waals surface area (Å²) in [7, 11) is 0. The highest BCUT2D eigenvalue weighted by atomic mass is 32.1. The monoisotopic (exact) mass is 292 g/mol. The molecule has 0 radical (unpaired) electrons. The van der Waals surface area contributed by atoms with Crippen molar-refractivity contribution in [2.24, 2.45) is 0 Å². The normalized spacial score (nSPS) is 12.2. The number of hydrogen-bond acceptors (Lipinski definition) is 4. The smallest absolute Gasteiger partial charge is 0.224 e. The lowest BCUT2D eigenvalue weighted by molar-refractivity contribution is -0.121. The molecule has 1 amide bonds. The molecule has 0 bridgehead atoms. The van der Waals surface area contributed by atoms with Crippen LogP contribution in [-0.2, 0) is 11.2 Å². The highest BCUT2D eigenvalue weighted by molar-refractivity contribution is 7.80. The standard InChI is InChI=1S/C14H16N2OS2/c1-9-8-19-14(15-9)10(2)16-13(17)7-11-3-5-12(18)6-4-11/h3-6,8,10,18H,7H2,1-2H3,(H,16,17). The van der Waals surface area contributed by atoms with Crippen LogP contribution in [0.3, 0.4) is 0 Å². The number of amides is 1. The number of hydrogen-bond donors (Lipinski definition) is 2. The van der Waals surface area contributed by atoms with Crippen molar-refractivity contribution in [1.29, 1.82) is 0 Å². The maximum atomic E-state index is 11.9. The van der Waals surface area contributed by atoms with Gasteiger partial charge < -0.3 is 5.32 Å². The number of thiol groups is 1. The van der Waals surface area contributed by atoms with Gasteiger partial charge in [-0.2, -0.15) is 0 Å². The quantitative estimate of drug-likeness (QED) is 0.850. The van der Waals surface area contributed by atoms with Crippen LogP contribution in [0.15, 0.2) is 34.5 Å². The number of nitrogens with zero attached hydrogens (tertiary/aromatic N) is 1. The Morgan fingerprint density at radius 2 is 2.11 bits per heavy atom. The molecule has 5 heteroatoms. The molecule has 1 atom stereocenters. The maximum absolute atomic E-state index is 11.9. The van der Waals surface area contributed by atoms with Crippen molar-refractivity contribution in [2.75, 3.05) is 0 Å². The molecule has 3 nitrogen and oxygen atoms in total. The third-order valence-corrected chi connectivity index (χ3v) is 4.13. The Balaban J connectivity index is 1.92. The van der Waals surface area contributed by atoms with Crippen molar-refractivity contribution < 1.29 is 4.79 Å². The number of rotatable bonds is 4. The van der Waals surface area contributed by atoms with Crippen LogP contribution in [0, 0.1) is 6.92 Å². The largest absolute Gasteiger partial charge is 0.347 e. The minimum Gasteiger partial charge on any atom is -0.347 e. The first-order valence-electron chi connectivity index (χ1n) is 6.04. The van der Waals surface area contributed by atoms with Gasteiger partial charge in [-0.3, -0.25) is 4.79 Å².